The fourth-order valence-electron chi connectivity index (χ4n) is 2.09. The lowest BCUT2D eigenvalue weighted by Crippen LogP contribution is -2.75. The maximum absolute atomic E-state index is 3.69. The van der Waals surface area contributed by atoms with Gasteiger partial charge in [0.25, 0.3) is 8.56 Å². The van der Waals surface area contributed by atoms with E-state index in [1.807, 2.05) is 0 Å². The van der Waals surface area contributed by atoms with Gasteiger partial charge in [-0.3, -0.25) is 0 Å². The van der Waals surface area contributed by atoms with E-state index in [4.69, 9.17) is 0 Å². The fraction of sp³-hybridized carbons (Fsp3) is 1.00. The summed E-state index contributed by atoms with van der Waals surface area (Å²) >= 11 is 0. The molecule has 3 nitrogen and oxygen atoms in total. The fourth-order valence-corrected chi connectivity index (χ4v) is 6.27. The molecule has 4 heteroatoms. The Kier molecular flexibility index (Phi) is 5.29. The summed E-state index contributed by atoms with van der Waals surface area (Å²) in [5.74, 6) is 0. The van der Waals surface area contributed by atoms with Gasteiger partial charge in [-0.2, -0.15) is 0 Å². The molecule has 0 aromatic heterocycles. The van der Waals surface area contributed by atoms with Crippen LogP contribution in [0.25, 0.3) is 0 Å². The van der Waals surface area contributed by atoms with Gasteiger partial charge >= 0.3 is 0 Å². The summed E-state index contributed by atoms with van der Waals surface area (Å²) in [5, 5.41) is 0.280. The summed E-state index contributed by atoms with van der Waals surface area (Å²) in [6.45, 7) is 13.3. The van der Waals surface area contributed by atoms with E-state index in [9.17, 15) is 0 Å². The first-order valence-corrected chi connectivity index (χ1v) is 7.44. The van der Waals surface area contributed by atoms with Gasteiger partial charge in [0.15, 0.2) is 0 Å². The number of hydrogen-bond donors (Lipinski definition) is 2. The van der Waals surface area contributed by atoms with E-state index in [1.165, 1.54) is 0 Å². The highest BCUT2D eigenvalue weighted by molar-refractivity contribution is 6.75. The van der Waals surface area contributed by atoms with Crippen molar-refractivity contribution in [3.05, 3.63) is 0 Å². The largest absolute Gasteiger partial charge is 0.313 e. The number of hydrogen-bond acceptors (Lipinski definition) is 3. The predicted octanol–water partition coefficient (Wildman–Crippen LogP) is 1.51. The van der Waals surface area contributed by atoms with Gasteiger partial charge in [-0.1, -0.05) is 34.6 Å². The maximum atomic E-state index is 3.69. The molecule has 0 unspecified atom stereocenters. The van der Waals surface area contributed by atoms with Crippen LogP contribution in [0, 0.1) is 0 Å². The minimum absolute atomic E-state index is 0.280. The quantitative estimate of drug-likeness (QED) is 0.684. The predicted molar refractivity (Wildman–Crippen MR) is 66.5 cm³/mol. The van der Waals surface area contributed by atoms with E-state index in [0.29, 0.717) is 0 Å². The van der Waals surface area contributed by atoms with Crippen LogP contribution in [0.4, 0.5) is 0 Å². The Morgan fingerprint density at radius 3 is 1.50 bits per heavy atom. The Bertz CT molecular complexity index is 157. The average Bonchev–Trinajstić information content (AvgIpc) is 2.01. The van der Waals surface area contributed by atoms with E-state index in [0.717, 1.165) is 13.1 Å². The normalized spacial score (nSPS) is 13.7. The third-order valence-corrected chi connectivity index (χ3v) is 7.86. The molecule has 0 aliphatic carbocycles. The molecule has 0 rings (SSSR count). The van der Waals surface area contributed by atoms with Crippen molar-refractivity contribution in [3.8, 4) is 0 Å². The van der Waals surface area contributed by atoms with Crippen molar-refractivity contribution in [1.82, 2.24) is 14.5 Å². The van der Waals surface area contributed by atoms with Gasteiger partial charge in [-0.15, -0.1) is 0 Å². The maximum Gasteiger partial charge on any atom is 0.289 e. The summed E-state index contributed by atoms with van der Waals surface area (Å²) < 4.78 is 2.36. The van der Waals surface area contributed by atoms with Crippen molar-refractivity contribution < 1.29 is 0 Å². The van der Waals surface area contributed by atoms with Crippen molar-refractivity contribution in [2.45, 2.75) is 39.7 Å². The van der Waals surface area contributed by atoms with Crippen LogP contribution in [-0.4, -0.2) is 40.3 Å². The first-order valence-electron chi connectivity index (χ1n) is 5.49. The highest BCUT2D eigenvalue weighted by Gasteiger charge is 2.47. The Labute approximate surface area is 90.5 Å². The zero-order valence-electron chi connectivity index (χ0n) is 10.9. The second-order valence-electron chi connectivity index (χ2n) is 4.92. The first kappa shape index (κ1) is 14.1. The Balaban J connectivity index is 4.94. The van der Waals surface area contributed by atoms with Crippen LogP contribution in [-0.2, 0) is 0 Å². The molecule has 0 atom stereocenters. The van der Waals surface area contributed by atoms with Crippen LogP contribution in [0.1, 0.15) is 34.6 Å². The van der Waals surface area contributed by atoms with Crippen molar-refractivity contribution in [1.29, 1.82) is 0 Å². The third-order valence-electron chi connectivity index (χ3n) is 2.62. The second-order valence-corrected chi connectivity index (χ2v) is 9.44. The van der Waals surface area contributed by atoms with Crippen molar-refractivity contribution in [2.24, 2.45) is 0 Å². The highest BCUT2D eigenvalue weighted by Crippen LogP contribution is 2.33. The van der Waals surface area contributed by atoms with Gasteiger partial charge in [0.1, 0.15) is 0 Å². The molecule has 0 fully saturated rings. The van der Waals surface area contributed by atoms with Gasteiger partial charge in [0, 0.05) is 0 Å². The smallest absolute Gasteiger partial charge is 0.289 e. The zero-order chi connectivity index (χ0) is 11.4. The molecule has 0 aliphatic heterocycles. The Morgan fingerprint density at radius 1 is 1.00 bits per heavy atom. The van der Waals surface area contributed by atoms with Crippen LogP contribution < -0.4 is 9.96 Å². The van der Waals surface area contributed by atoms with Crippen LogP contribution in [0.15, 0.2) is 0 Å². The van der Waals surface area contributed by atoms with Crippen molar-refractivity contribution in [2.75, 3.05) is 27.2 Å². The second kappa shape index (κ2) is 5.26. The molecule has 0 aliphatic rings. The van der Waals surface area contributed by atoms with Crippen LogP contribution in [0.2, 0.25) is 5.04 Å². The molecule has 0 radical (unpaired) electrons. The summed E-state index contributed by atoms with van der Waals surface area (Å²) in [7, 11) is 2.60. The van der Waals surface area contributed by atoms with E-state index < -0.39 is 8.56 Å². The molecular formula is C10H27N3Si. The standard InChI is InChI=1S/C10H27N3Si/c1-8-11-14(12-9-2,13(6)7)10(3,4)5/h11-12H,8-9H2,1-7H3. The lowest BCUT2D eigenvalue weighted by molar-refractivity contribution is 0.485. The zero-order valence-corrected chi connectivity index (χ0v) is 11.9. The monoisotopic (exact) mass is 217 g/mol. The van der Waals surface area contributed by atoms with Gasteiger partial charge < -0.3 is 14.5 Å². The molecule has 0 saturated carbocycles. The molecule has 0 aromatic carbocycles. The van der Waals surface area contributed by atoms with E-state index in [2.05, 4.69) is 63.2 Å². The summed E-state index contributed by atoms with van der Waals surface area (Å²) in [5.41, 5.74) is 0. The molecule has 0 aromatic rings. The summed E-state index contributed by atoms with van der Waals surface area (Å²) in [6, 6.07) is 0. The van der Waals surface area contributed by atoms with E-state index in [1.54, 1.807) is 0 Å². The molecule has 0 bridgehead atoms. The van der Waals surface area contributed by atoms with Gasteiger partial charge in [0.2, 0.25) is 0 Å². The summed E-state index contributed by atoms with van der Waals surface area (Å²) in [4.78, 5) is 7.38. The molecule has 0 spiro atoms. The van der Waals surface area contributed by atoms with Crippen molar-refractivity contribution >= 4 is 8.56 Å². The van der Waals surface area contributed by atoms with Crippen LogP contribution in [0.3, 0.4) is 0 Å². The van der Waals surface area contributed by atoms with E-state index in [-0.39, 0.29) is 5.04 Å². The van der Waals surface area contributed by atoms with Gasteiger partial charge in [0.05, 0.1) is 0 Å². The van der Waals surface area contributed by atoms with E-state index >= 15 is 0 Å². The molecule has 0 heterocycles. The molecule has 2 N–H and O–H groups in total. The highest BCUT2D eigenvalue weighted by atomic mass is 28.4. The SMILES string of the molecule is CCN[Si](NCC)(N(C)C)C(C)(C)C. The third kappa shape index (κ3) is 2.79. The Hall–Kier alpha value is 0.0969. The first-order chi connectivity index (χ1) is 6.31. The van der Waals surface area contributed by atoms with Crippen molar-refractivity contribution in [3.63, 3.8) is 0 Å². The number of rotatable bonds is 5. The summed E-state index contributed by atoms with van der Waals surface area (Å²) in [6.07, 6.45) is 0. The minimum Gasteiger partial charge on any atom is -0.313 e. The lowest BCUT2D eigenvalue weighted by Gasteiger charge is -2.47. The number of nitrogens with zero attached hydrogens (tertiary/aromatic N) is 1. The van der Waals surface area contributed by atoms with Crippen LogP contribution >= 0.6 is 0 Å². The molecule has 14 heavy (non-hydrogen) atoms. The minimum atomic E-state index is -1.74. The molecule has 86 valence electrons. The molecular weight excluding hydrogens is 190 g/mol. The Morgan fingerprint density at radius 2 is 1.36 bits per heavy atom. The molecule has 0 amide bonds. The van der Waals surface area contributed by atoms with Gasteiger partial charge in [-0.05, 0) is 32.2 Å². The molecule has 0 saturated heterocycles. The lowest BCUT2D eigenvalue weighted by atomic mass is 10.2. The van der Waals surface area contributed by atoms with Gasteiger partial charge in [-0.25, -0.2) is 0 Å². The topological polar surface area (TPSA) is 27.3 Å². The average molecular weight is 217 g/mol. The number of nitrogens with one attached hydrogen (secondary N) is 2. The van der Waals surface area contributed by atoms with Crippen LogP contribution in [0.5, 0.6) is 0 Å².